The van der Waals surface area contributed by atoms with E-state index in [4.69, 9.17) is 11.6 Å². The molecule has 2 aromatic rings. The van der Waals surface area contributed by atoms with E-state index in [0.717, 1.165) is 17.2 Å². The molecule has 1 fully saturated rings. The molecule has 0 unspecified atom stereocenters. The van der Waals surface area contributed by atoms with Gasteiger partial charge in [-0.3, -0.25) is 4.57 Å². The van der Waals surface area contributed by atoms with E-state index in [2.05, 4.69) is 15.0 Å². The third-order valence-corrected chi connectivity index (χ3v) is 3.14. The monoisotopic (exact) mass is 234 g/mol. The molecule has 1 saturated carbocycles. The van der Waals surface area contributed by atoms with Crippen molar-refractivity contribution in [3.63, 3.8) is 0 Å². The fourth-order valence-corrected chi connectivity index (χ4v) is 1.83. The zero-order valence-corrected chi connectivity index (χ0v) is 9.65. The first-order chi connectivity index (χ1) is 7.75. The third kappa shape index (κ3) is 1.59. The lowest BCUT2D eigenvalue weighted by molar-refractivity contribution is 0.866. The fourth-order valence-electron chi connectivity index (χ4n) is 1.65. The Kier molecular flexibility index (Phi) is 2.17. The highest BCUT2D eigenvalue weighted by molar-refractivity contribution is 6.30. The molecule has 2 heterocycles. The molecular weight excluding hydrogens is 224 g/mol. The first-order valence-corrected chi connectivity index (χ1v) is 5.66. The summed E-state index contributed by atoms with van der Waals surface area (Å²) in [6, 6.07) is 0. The average Bonchev–Trinajstić information content (AvgIpc) is 2.98. The van der Waals surface area contributed by atoms with E-state index >= 15 is 0 Å². The lowest BCUT2D eigenvalue weighted by Gasteiger charge is -2.08. The number of halogens is 1. The summed E-state index contributed by atoms with van der Waals surface area (Å²) in [6.07, 6.45) is 7.66. The Hall–Kier alpha value is -1.42. The first-order valence-electron chi connectivity index (χ1n) is 5.28. The molecule has 1 aliphatic carbocycles. The van der Waals surface area contributed by atoms with Crippen LogP contribution in [0.3, 0.4) is 0 Å². The maximum absolute atomic E-state index is 6.12. The molecule has 4 nitrogen and oxygen atoms in total. The zero-order valence-electron chi connectivity index (χ0n) is 8.89. The molecule has 0 bridgehead atoms. The van der Waals surface area contributed by atoms with Gasteiger partial charge in [0.05, 0.1) is 0 Å². The van der Waals surface area contributed by atoms with Crippen molar-refractivity contribution in [2.45, 2.75) is 25.7 Å². The summed E-state index contributed by atoms with van der Waals surface area (Å²) in [5.41, 5.74) is 0.893. The molecule has 0 aromatic carbocycles. The van der Waals surface area contributed by atoms with Crippen molar-refractivity contribution in [3.8, 4) is 5.82 Å². The van der Waals surface area contributed by atoms with Gasteiger partial charge in [0.2, 0.25) is 0 Å². The van der Waals surface area contributed by atoms with E-state index in [9.17, 15) is 0 Å². The van der Waals surface area contributed by atoms with Crippen molar-refractivity contribution < 1.29 is 0 Å². The van der Waals surface area contributed by atoms with E-state index in [-0.39, 0.29) is 0 Å². The van der Waals surface area contributed by atoms with Crippen molar-refractivity contribution in [1.82, 2.24) is 19.5 Å². The summed E-state index contributed by atoms with van der Waals surface area (Å²) in [5.74, 6) is 2.19. The van der Waals surface area contributed by atoms with E-state index in [1.54, 1.807) is 12.5 Å². The van der Waals surface area contributed by atoms with Crippen LogP contribution in [0.4, 0.5) is 0 Å². The van der Waals surface area contributed by atoms with E-state index in [0.29, 0.717) is 11.1 Å². The minimum Gasteiger partial charge on any atom is -0.290 e. The Balaban J connectivity index is 2.15. The van der Waals surface area contributed by atoms with Crippen LogP contribution < -0.4 is 0 Å². The van der Waals surface area contributed by atoms with Crippen LogP contribution in [0.1, 0.15) is 30.1 Å². The Morgan fingerprint density at radius 3 is 2.81 bits per heavy atom. The van der Waals surface area contributed by atoms with Crippen molar-refractivity contribution in [2.24, 2.45) is 0 Å². The van der Waals surface area contributed by atoms with Gasteiger partial charge >= 0.3 is 0 Å². The van der Waals surface area contributed by atoms with Crippen LogP contribution in [-0.2, 0) is 0 Å². The van der Waals surface area contributed by atoms with Gasteiger partial charge < -0.3 is 0 Å². The molecule has 0 aliphatic heterocycles. The fraction of sp³-hybridized carbons (Fsp3) is 0.364. The van der Waals surface area contributed by atoms with Gasteiger partial charge in [0.1, 0.15) is 23.1 Å². The Morgan fingerprint density at radius 2 is 2.19 bits per heavy atom. The van der Waals surface area contributed by atoms with Crippen molar-refractivity contribution in [2.75, 3.05) is 0 Å². The number of imidazole rings is 1. The quantitative estimate of drug-likeness (QED) is 0.750. The second-order valence-electron chi connectivity index (χ2n) is 4.07. The number of aromatic nitrogens is 4. The van der Waals surface area contributed by atoms with Crippen LogP contribution in [0, 0.1) is 6.92 Å². The van der Waals surface area contributed by atoms with Crippen LogP contribution in [-0.4, -0.2) is 19.5 Å². The van der Waals surface area contributed by atoms with E-state index < -0.39 is 0 Å². The molecule has 3 rings (SSSR count). The van der Waals surface area contributed by atoms with Gasteiger partial charge in [0.15, 0.2) is 0 Å². The number of hydrogen-bond acceptors (Lipinski definition) is 3. The Morgan fingerprint density at radius 1 is 1.38 bits per heavy atom. The van der Waals surface area contributed by atoms with Crippen LogP contribution >= 0.6 is 11.6 Å². The highest BCUT2D eigenvalue weighted by Gasteiger charge is 2.28. The molecule has 0 spiro atoms. The molecule has 0 amide bonds. The molecule has 5 heteroatoms. The Bertz CT molecular complexity index is 517. The predicted octanol–water partition coefficient (Wildman–Crippen LogP) is 2.50. The van der Waals surface area contributed by atoms with Crippen molar-refractivity contribution in [1.29, 1.82) is 0 Å². The van der Waals surface area contributed by atoms with Crippen LogP contribution in [0.2, 0.25) is 5.15 Å². The average molecular weight is 235 g/mol. The molecular formula is C11H11ClN4. The summed E-state index contributed by atoms with van der Waals surface area (Å²) < 4.78 is 1.87. The SMILES string of the molecule is Cc1c(Cl)nc(C2CC2)nc1-n1ccnc1. The summed E-state index contributed by atoms with van der Waals surface area (Å²) in [4.78, 5) is 12.9. The minimum absolute atomic E-state index is 0.500. The van der Waals surface area contributed by atoms with Gasteiger partial charge in [0.25, 0.3) is 0 Å². The van der Waals surface area contributed by atoms with Crippen LogP contribution in [0.5, 0.6) is 0 Å². The van der Waals surface area contributed by atoms with Gasteiger partial charge in [-0.2, -0.15) is 0 Å². The number of nitrogens with zero attached hydrogens (tertiary/aromatic N) is 4. The van der Waals surface area contributed by atoms with Crippen LogP contribution in [0.15, 0.2) is 18.7 Å². The van der Waals surface area contributed by atoms with Gasteiger partial charge in [-0.25, -0.2) is 15.0 Å². The highest BCUT2D eigenvalue weighted by Crippen LogP contribution is 2.39. The number of rotatable bonds is 2. The minimum atomic E-state index is 0.500. The molecule has 2 aromatic heterocycles. The molecule has 0 N–H and O–H groups in total. The second-order valence-corrected chi connectivity index (χ2v) is 4.42. The van der Waals surface area contributed by atoms with Crippen LogP contribution in [0.25, 0.3) is 5.82 Å². The largest absolute Gasteiger partial charge is 0.290 e. The van der Waals surface area contributed by atoms with Gasteiger partial charge in [0, 0.05) is 23.9 Å². The molecule has 0 saturated heterocycles. The maximum atomic E-state index is 6.12. The molecule has 1 aliphatic rings. The smallest absolute Gasteiger partial charge is 0.146 e. The maximum Gasteiger partial charge on any atom is 0.146 e. The Labute approximate surface area is 98.3 Å². The predicted molar refractivity (Wildman–Crippen MR) is 60.9 cm³/mol. The normalized spacial score (nSPS) is 15.4. The standard InChI is InChI=1S/C11H11ClN4/c1-7-9(12)14-10(8-2-3-8)15-11(7)16-5-4-13-6-16/h4-6,8H,2-3H2,1H3. The third-order valence-electron chi connectivity index (χ3n) is 2.77. The zero-order chi connectivity index (χ0) is 11.1. The molecule has 16 heavy (non-hydrogen) atoms. The molecule has 0 atom stereocenters. The summed E-state index contributed by atoms with van der Waals surface area (Å²) >= 11 is 6.12. The molecule has 0 radical (unpaired) electrons. The van der Waals surface area contributed by atoms with Gasteiger partial charge in [-0.1, -0.05) is 11.6 Å². The summed E-state index contributed by atoms with van der Waals surface area (Å²) in [7, 11) is 0. The first kappa shape index (κ1) is 9.78. The van der Waals surface area contributed by atoms with Gasteiger partial charge in [-0.05, 0) is 19.8 Å². The lowest BCUT2D eigenvalue weighted by atomic mass is 10.3. The number of hydrogen-bond donors (Lipinski definition) is 0. The van der Waals surface area contributed by atoms with E-state index in [1.165, 1.54) is 12.8 Å². The summed E-state index contributed by atoms with van der Waals surface area (Å²) in [5, 5.41) is 0.542. The van der Waals surface area contributed by atoms with E-state index in [1.807, 2.05) is 17.7 Å². The second kappa shape index (κ2) is 3.56. The van der Waals surface area contributed by atoms with Crippen molar-refractivity contribution in [3.05, 3.63) is 35.3 Å². The highest BCUT2D eigenvalue weighted by atomic mass is 35.5. The van der Waals surface area contributed by atoms with Crippen molar-refractivity contribution >= 4 is 11.6 Å². The topological polar surface area (TPSA) is 43.6 Å². The van der Waals surface area contributed by atoms with Gasteiger partial charge in [-0.15, -0.1) is 0 Å². The molecule has 82 valence electrons. The summed E-state index contributed by atoms with van der Waals surface area (Å²) in [6.45, 7) is 1.92. The lowest BCUT2D eigenvalue weighted by Crippen LogP contribution is -2.04.